The van der Waals surface area contributed by atoms with E-state index < -0.39 is 11.5 Å². The molecule has 168 valence electrons. The second-order valence-electron chi connectivity index (χ2n) is 8.75. The van der Waals surface area contributed by atoms with Crippen molar-refractivity contribution in [2.45, 2.75) is 44.4 Å². The molecule has 0 bridgehead atoms. The first-order valence-corrected chi connectivity index (χ1v) is 10.9. The normalized spacial score (nSPS) is 18.9. The fourth-order valence-electron chi connectivity index (χ4n) is 4.55. The fraction of sp³-hybridized carbons (Fsp3) is 0.333. The van der Waals surface area contributed by atoms with Gasteiger partial charge in [0.2, 0.25) is 5.92 Å². The van der Waals surface area contributed by atoms with Gasteiger partial charge in [0.25, 0.3) is 0 Å². The van der Waals surface area contributed by atoms with E-state index in [-0.39, 0.29) is 12.8 Å². The first kappa shape index (κ1) is 22.4. The maximum Gasteiger partial charge on any atom is 0.245 e. The van der Waals surface area contributed by atoms with Crippen LogP contribution >= 0.6 is 0 Å². The number of alkyl halides is 2. The van der Waals surface area contributed by atoms with Crippen molar-refractivity contribution in [2.75, 3.05) is 13.7 Å². The van der Waals surface area contributed by atoms with Crippen LogP contribution in [0.1, 0.15) is 41.2 Å². The lowest BCUT2D eigenvalue weighted by Gasteiger charge is -2.42. The van der Waals surface area contributed by atoms with Gasteiger partial charge in [-0.2, -0.15) is 0 Å². The zero-order chi connectivity index (χ0) is 22.8. The van der Waals surface area contributed by atoms with Crippen LogP contribution in [0, 0.1) is 0 Å². The lowest BCUT2D eigenvalue weighted by atomic mass is 9.79. The highest BCUT2D eigenvalue weighted by atomic mass is 19.3. The van der Waals surface area contributed by atoms with Gasteiger partial charge in [-0.25, -0.2) is 8.78 Å². The Kier molecular flexibility index (Phi) is 6.31. The first-order chi connectivity index (χ1) is 15.3. The lowest BCUT2D eigenvalue weighted by Crippen LogP contribution is -2.46. The second-order valence-corrected chi connectivity index (χ2v) is 8.75. The van der Waals surface area contributed by atoms with Crippen LogP contribution in [0.2, 0.25) is 0 Å². The molecule has 0 saturated carbocycles. The zero-order valence-corrected chi connectivity index (χ0v) is 18.5. The van der Waals surface area contributed by atoms with Crippen molar-refractivity contribution in [1.29, 1.82) is 0 Å². The van der Waals surface area contributed by atoms with Crippen molar-refractivity contribution in [1.82, 2.24) is 4.90 Å². The Morgan fingerprint density at radius 3 is 2.41 bits per heavy atom. The van der Waals surface area contributed by atoms with Gasteiger partial charge in [-0.3, -0.25) is 4.90 Å². The van der Waals surface area contributed by atoms with Crippen LogP contribution in [0.3, 0.4) is 0 Å². The average Bonchev–Trinajstić information content (AvgIpc) is 2.78. The number of benzene rings is 3. The van der Waals surface area contributed by atoms with Gasteiger partial charge in [-0.1, -0.05) is 60.7 Å². The molecular weight excluding hydrogens is 408 g/mol. The molecule has 1 N–H and O–H groups in total. The van der Waals surface area contributed by atoms with E-state index in [1.807, 2.05) is 48.5 Å². The zero-order valence-electron chi connectivity index (χ0n) is 18.5. The van der Waals surface area contributed by atoms with Gasteiger partial charge >= 0.3 is 0 Å². The fourth-order valence-corrected chi connectivity index (χ4v) is 4.55. The van der Waals surface area contributed by atoms with E-state index in [1.165, 1.54) is 5.56 Å². The summed E-state index contributed by atoms with van der Waals surface area (Å²) >= 11 is 0. The minimum atomic E-state index is -2.74. The van der Waals surface area contributed by atoms with E-state index in [0.29, 0.717) is 24.4 Å². The van der Waals surface area contributed by atoms with Crippen LogP contribution in [0.4, 0.5) is 8.78 Å². The molecule has 32 heavy (non-hydrogen) atoms. The molecule has 1 aliphatic heterocycles. The Morgan fingerprint density at radius 1 is 0.969 bits per heavy atom. The number of methoxy groups -OCH3 is 1. The molecule has 5 heteroatoms. The SMILES string of the molecule is COc1ccc(CCC(C)(F)F)cc1C1(O)CN(Cc2ccccc2)Cc2ccccc21. The maximum absolute atomic E-state index is 13.5. The quantitative estimate of drug-likeness (QED) is 0.527. The van der Waals surface area contributed by atoms with Gasteiger partial charge in [-0.15, -0.1) is 0 Å². The van der Waals surface area contributed by atoms with Crippen LogP contribution in [-0.2, 0) is 25.1 Å². The van der Waals surface area contributed by atoms with Gasteiger partial charge in [-0.05, 0) is 47.7 Å². The molecule has 1 aliphatic rings. The summed E-state index contributed by atoms with van der Waals surface area (Å²) in [6.07, 6.45) is -0.0140. The third-order valence-electron chi connectivity index (χ3n) is 6.12. The molecule has 4 rings (SSSR count). The van der Waals surface area contributed by atoms with Crippen molar-refractivity contribution in [3.05, 3.63) is 101 Å². The summed E-state index contributed by atoms with van der Waals surface area (Å²) in [6, 6.07) is 23.4. The van der Waals surface area contributed by atoms with Gasteiger partial charge in [0.15, 0.2) is 0 Å². The van der Waals surface area contributed by atoms with E-state index in [2.05, 4.69) is 17.0 Å². The summed E-state index contributed by atoms with van der Waals surface area (Å²) in [6.45, 7) is 2.73. The Hall–Kier alpha value is -2.76. The van der Waals surface area contributed by atoms with Gasteiger partial charge in [0.1, 0.15) is 11.4 Å². The Bertz CT molecular complexity index is 1060. The number of rotatable bonds is 7. The molecule has 0 saturated heterocycles. The van der Waals surface area contributed by atoms with E-state index in [0.717, 1.165) is 30.2 Å². The standard InChI is InChI=1S/C27H29F2NO2/c1-26(28,29)15-14-20-12-13-25(32-2)24(16-20)27(31)19-30(17-21-8-4-3-5-9-21)18-22-10-6-7-11-23(22)27/h3-13,16,31H,14-15,17-19H2,1-2H3. The third-order valence-corrected chi connectivity index (χ3v) is 6.12. The summed E-state index contributed by atoms with van der Waals surface area (Å²) in [5.41, 5.74) is 3.10. The van der Waals surface area contributed by atoms with Crippen molar-refractivity contribution in [3.8, 4) is 5.75 Å². The molecule has 0 spiro atoms. The van der Waals surface area contributed by atoms with Crippen LogP contribution in [0.15, 0.2) is 72.8 Å². The molecule has 1 atom stereocenters. The Morgan fingerprint density at radius 2 is 1.69 bits per heavy atom. The molecule has 3 aromatic carbocycles. The smallest absolute Gasteiger partial charge is 0.245 e. The van der Waals surface area contributed by atoms with E-state index in [1.54, 1.807) is 19.2 Å². The number of aliphatic hydroxyl groups is 1. The largest absolute Gasteiger partial charge is 0.496 e. The third kappa shape index (κ3) is 4.84. The first-order valence-electron chi connectivity index (χ1n) is 10.9. The number of aryl methyl sites for hydroxylation is 1. The summed E-state index contributed by atoms with van der Waals surface area (Å²) in [5, 5.41) is 12.1. The number of ether oxygens (including phenoxy) is 1. The Balaban J connectivity index is 1.74. The number of hydrogen-bond donors (Lipinski definition) is 1. The van der Waals surface area contributed by atoms with Crippen molar-refractivity contribution in [2.24, 2.45) is 0 Å². The van der Waals surface area contributed by atoms with Crippen molar-refractivity contribution in [3.63, 3.8) is 0 Å². The Labute approximate surface area is 188 Å². The maximum atomic E-state index is 13.5. The van der Waals surface area contributed by atoms with E-state index in [4.69, 9.17) is 4.74 Å². The van der Waals surface area contributed by atoms with E-state index >= 15 is 0 Å². The van der Waals surface area contributed by atoms with Crippen LogP contribution in [0.25, 0.3) is 0 Å². The monoisotopic (exact) mass is 437 g/mol. The molecule has 1 heterocycles. The molecule has 0 aliphatic carbocycles. The predicted octanol–water partition coefficient (Wildman–Crippen LogP) is 5.53. The highest BCUT2D eigenvalue weighted by Gasteiger charge is 2.41. The highest BCUT2D eigenvalue weighted by Crippen LogP contribution is 2.42. The number of fused-ring (bicyclic) bond motifs is 1. The molecule has 0 fully saturated rings. The average molecular weight is 438 g/mol. The molecule has 0 aromatic heterocycles. The molecule has 3 aromatic rings. The van der Waals surface area contributed by atoms with Crippen LogP contribution in [-0.4, -0.2) is 29.6 Å². The number of hydrogen-bond acceptors (Lipinski definition) is 3. The summed E-state index contributed by atoms with van der Waals surface area (Å²) in [7, 11) is 1.57. The van der Waals surface area contributed by atoms with Gasteiger partial charge < -0.3 is 9.84 Å². The van der Waals surface area contributed by atoms with Crippen molar-refractivity contribution < 1.29 is 18.6 Å². The van der Waals surface area contributed by atoms with Crippen LogP contribution < -0.4 is 4.74 Å². The summed E-state index contributed by atoms with van der Waals surface area (Å²) in [5.74, 6) is -2.18. The molecule has 3 nitrogen and oxygen atoms in total. The minimum Gasteiger partial charge on any atom is -0.496 e. The highest BCUT2D eigenvalue weighted by molar-refractivity contribution is 5.50. The molecule has 0 radical (unpaired) electrons. The van der Waals surface area contributed by atoms with Gasteiger partial charge in [0, 0.05) is 31.6 Å². The molecule has 0 amide bonds. The lowest BCUT2D eigenvalue weighted by molar-refractivity contribution is 0.0125. The van der Waals surface area contributed by atoms with E-state index in [9.17, 15) is 13.9 Å². The van der Waals surface area contributed by atoms with Crippen molar-refractivity contribution >= 4 is 0 Å². The molecular formula is C27H29F2NO2. The summed E-state index contributed by atoms with van der Waals surface area (Å²) in [4.78, 5) is 2.21. The summed E-state index contributed by atoms with van der Waals surface area (Å²) < 4.78 is 32.5. The minimum absolute atomic E-state index is 0.228. The number of β-amino-alcohol motifs (C(OH)–C–C–N with tert-alkyl or cyclic N) is 1. The van der Waals surface area contributed by atoms with Crippen LogP contribution in [0.5, 0.6) is 5.75 Å². The number of nitrogens with zero attached hydrogens (tertiary/aromatic N) is 1. The predicted molar refractivity (Wildman–Crippen MR) is 122 cm³/mol. The number of halogens is 2. The topological polar surface area (TPSA) is 32.7 Å². The van der Waals surface area contributed by atoms with Gasteiger partial charge in [0.05, 0.1) is 7.11 Å². The molecule has 1 unspecified atom stereocenters. The second kappa shape index (κ2) is 9.00.